The molecule has 0 bridgehead atoms. The van der Waals surface area contributed by atoms with Crippen LogP contribution in [0.4, 0.5) is 11.5 Å². The zero-order valence-corrected chi connectivity index (χ0v) is 12.3. The predicted molar refractivity (Wildman–Crippen MR) is 79.4 cm³/mol. The zero-order chi connectivity index (χ0) is 14.5. The van der Waals surface area contributed by atoms with Gasteiger partial charge in [-0.3, -0.25) is 4.79 Å². The number of nitrogens with one attached hydrogen (secondary N) is 2. The summed E-state index contributed by atoms with van der Waals surface area (Å²) in [4.78, 5) is 11.7. The van der Waals surface area contributed by atoms with E-state index in [2.05, 4.69) is 15.8 Å². The SMILES string of the molecule is Cc1cc(NC(=O)CCNc2ccc(Cl)c(Cl)c2)no1. The number of carbonyl (C=O) groups is 1. The molecule has 106 valence electrons. The third kappa shape index (κ3) is 4.15. The Kier molecular flexibility index (Phi) is 4.87. The highest BCUT2D eigenvalue weighted by molar-refractivity contribution is 6.42. The van der Waals surface area contributed by atoms with Gasteiger partial charge in [-0.15, -0.1) is 0 Å². The molecule has 0 radical (unpaired) electrons. The summed E-state index contributed by atoms with van der Waals surface area (Å²) in [6.07, 6.45) is 0.298. The highest BCUT2D eigenvalue weighted by Crippen LogP contribution is 2.24. The number of aromatic nitrogens is 1. The number of hydrogen-bond donors (Lipinski definition) is 2. The third-order valence-electron chi connectivity index (χ3n) is 2.50. The largest absolute Gasteiger partial charge is 0.384 e. The van der Waals surface area contributed by atoms with Gasteiger partial charge in [0, 0.05) is 24.7 Å². The smallest absolute Gasteiger partial charge is 0.227 e. The van der Waals surface area contributed by atoms with E-state index in [9.17, 15) is 4.79 Å². The normalized spacial score (nSPS) is 10.3. The molecule has 0 unspecified atom stereocenters. The van der Waals surface area contributed by atoms with Gasteiger partial charge in [-0.2, -0.15) is 0 Å². The van der Waals surface area contributed by atoms with Gasteiger partial charge in [-0.1, -0.05) is 28.4 Å². The van der Waals surface area contributed by atoms with Crippen LogP contribution in [0.5, 0.6) is 0 Å². The maximum atomic E-state index is 11.7. The molecular weight excluding hydrogens is 301 g/mol. The summed E-state index contributed by atoms with van der Waals surface area (Å²) in [6, 6.07) is 6.87. The molecule has 0 aliphatic rings. The molecule has 7 heteroatoms. The minimum atomic E-state index is -0.147. The molecule has 1 aromatic heterocycles. The molecule has 1 heterocycles. The van der Waals surface area contributed by atoms with E-state index in [-0.39, 0.29) is 5.91 Å². The van der Waals surface area contributed by atoms with Crippen LogP contribution in [0.1, 0.15) is 12.2 Å². The Bertz CT molecular complexity index is 613. The van der Waals surface area contributed by atoms with Crippen molar-refractivity contribution in [1.82, 2.24) is 5.16 Å². The lowest BCUT2D eigenvalue weighted by Crippen LogP contribution is -2.16. The number of hydrogen-bond acceptors (Lipinski definition) is 4. The molecule has 0 saturated carbocycles. The second kappa shape index (κ2) is 6.63. The van der Waals surface area contributed by atoms with E-state index in [4.69, 9.17) is 27.7 Å². The second-order valence-electron chi connectivity index (χ2n) is 4.18. The molecule has 0 spiro atoms. The van der Waals surface area contributed by atoms with Crippen LogP contribution in [0.2, 0.25) is 10.0 Å². The summed E-state index contributed by atoms with van der Waals surface area (Å²) in [7, 11) is 0. The topological polar surface area (TPSA) is 67.2 Å². The third-order valence-corrected chi connectivity index (χ3v) is 3.24. The van der Waals surface area contributed by atoms with E-state index in [1.807, 2.05) is 0 Å². The van der Waals surface area contributed by atoms with Gasteiger partial charge in [0.15, 0.2) is 5.82 Å². The van der Waals surface area contributed by atoms with Gasteiger partial charge in [0.25, 0.3) is 0 Å². The number of benzene rings is 1. The fourth-order valence-electron chi connectivity index (χ4n) is 1.56. The van der Waals surface area contributed by atoms with E-state index < -0.39 is 0 Å². The van der Waals surface area contributed by atoms with Crippen LogP contribution < -0.4 is 10.6 Å². The molecule has 1 aromatic carbocycles. The number of rotatable bonds is 5. The van der Waals surface area contributed by atoms with Crippen LogP contribution in [-0.4, -0.2) is 17.6 Å². The molecule has 1 amide bonds. The Balaban J connectivity index is 1.77. The molecule has 0 aliphatic carbocycles. The van der Waals surface area contributed by atoms with Crippen molar-refractivity contribution in [3.05, 3.63) is 40.1 Å². The summed E-state index contributed by atoms with van der Waals surface area (Å²) in [5, 5.41) is 10.4. The van der Waals surface area contributed by atoms with Crippen LogP contribution in [-0.2, 0) is 4.79 Å². The molecule has 0 saturated heterocycles. The van der Waals surface area contributed by atoms with Gasteiger partial charge in [0.05, 0.1) is 10.0 Å². The van der Waals surface area contributed by atoms with Crippen molar-refractivity contribution in [1.29, 1.82) is 0 Å². The summed E-state index contributed by atoms with van der Waals surface area (Å²) >= 11 is 11.7. The van der Waals surface area contributed by atoms with Crippen molar-refractivity contribution in [2.45, 2.75) is 13.3 Å². The molecule has 0 aliphatic heterocycles. The second-order valence-corrected chi connectivity index (χ2v) is 4.99. The fraction of sp³-hybridized carbons (Fsp3) is 0.231. The first kappa shape index (κ1) is 14.7. The van der Waals surface area contributed by atoms with Crippen molar-refractivity contribution in [3.8, 4) is 0 Å². The Morgan fingerprint density at radius 3 is 2.75 bits per heavy atom. The van der Waals surface area contributed by atoms with Crippen molar-refractivity contribution >= 4 is 40.6 Å². The summed E-state index contributed by atoms with van der Waals surface area (Å²) in [5.41, 5.74) is 0.810. The minimum absolute atomic E-state index is 0.147. The molecule has 5 nitrogen and oxygen atoms in total. The van der Waals surface area contributed by atoms with Gasteiger partial charge in [0.1, 0.15) is 5.76 Å². The molecule has 20 heavy (non-hydrogen) atoms. The van der Waals surface area contributed by atoms with Crippen molar-refractivity contribution in [2.75, 3.05) is 17.2 Å². The van der Waals surface area contributed by atoms with Crippen LogP contribution in [0.25, 0.3) is 0 Å². The number of anilines is 2. The first-order valence-corrected chi connectivity index (χ1v) is 6.72. The first-order valence-electron chi connectivity index (χ1n) is 5.96. The lowest BCUT2D eigenvalue weighted by Gasteiger charge is -2.07. The minimum Gasteiger partial charge on any atom is -0.384 e. The van der Waals surface area contributed by atoms with E-state index in [1.54, 1.807) is 31.2 Å². The van der Waals surface area contributed by atoms with E-state index >= 15 is 0 Å². The van der Waals surface area contributed by atoms with Crippen molar-refractivity contribution in [2.24, 2.45) is 0 Å². The van der Waals surface area contributed by atoms with E-state index in [1.165, 1.54) is 0 Å². The molecule has 0 fully saturated rings. The van der Waals surface area contributed by atoms with E-state index in [0.717, 1.165) is 5.69 Å². The van der Waals surface area contributed by atoms with E-state index in [0.29, 0.717) is 34.6 Å². The fourth-order valence-corrected chi connectivity index (χ4v) is 1.86. The van der Waals surface area contributed by atoms with Crippen molar-refractivity contribution < 1.29 is 9.32 Å². The van der Waals surface area contributed by atoms with Gasteiger partial charge in [0.2, 0.25) is 5.91 Å². The van der Waals surface area contributed by atoms with Gasteiger partial charge >= 0.3 is 0 Å². The maximum absolute atomic E-state index is 11.7. The standard InChI is InChI=1S/C13H13Cl2N3O2/c1-8-6-12(18-20-8)17-13(19)4-5-16-9-2-3-10(14)11(15)7-9/h2-3,6-7,16H,4-5H2,1H3,(H,17,18,19). The number of nitrogens with zero attached hydrogens (tertiary/aromatic N) is 1. The lowest BCUT2D eigenvalue weighted by molar-refractivity contribution is -0.116. The first-order chi connectivity index (χ1) is 9.54. The summed E-state index contributed by atoms with van der Waals surface area (Å²) in [5.74, 6) is 0.919. The molecule has 0 atom stereocenters. The number of amides is 1. The van der Waals surface area contributed by atoms with Gasteiger partial charge in [-0.05, 0) is 25.1 Å². The van der Waals surface area contributed by atoms with Gasteiger partial charge in [-0.25, -0.2) is 0 Å². The zero-order valence-electron chi connectivity index (χ0n) is 10.7. The maximum Gasteiger partial charge on any atom is 0.227 e. The quantitative estimate of drug-likeness (QED) is 0.882. The average Bonchev–Trinajstić information content (AvgIpc) is 2.79. The highest BCUT2D eigenvalue weighted by Gasteiger charge is 2.06. The van der Waals surface area contributed by atoms with Crippen molar-refractivity contribution in [3.63, 3.8) is 0 Å². The number of aryl methyl sites for hydroxylation is 1. The Morgan fingerprint density at radius 1 is 1.30 bits per heavy atom. The molecule has 2 aromatic rings. The van der Waals surface area contributed by atoms with Crippen LogP contribution in [0.3, 0.4) is 0 Å². The molecule has 2 rings (SSSR count). The molecular formula is C13H13Cl2N3O2. The predicted octanol–water partition coefficient (Wildman–Crippen LogP) is 3.73. The Labute approximate surface area is 126 Å². The lowest BCUT2D eigenvalue weighted by atomic mass is 10.3. The number of carbonyl (C=O) groups excluding carboxylic acids is 1. The highest BCUT2D eigenvalue weighted by atomic mass is 35.5. The van der Waals surface area contributed by atoms with Crippen LogP contribution in [0, 0.1) is 6.92 Å². The molecule has 2 N–H and O–H groups in total. The average molecular weight is 314 g/mol. The monoisotopic (exact) mass is 313 g/mol. The van der Waals surface area contributed by atoms with Crippen LogP contribution in [0.15, 0.2) is 28.8 Å². The summed E-state index contributed by atoms with van der Waals surface area (Å²) < 4.78 is 4.86. The summed E-state index contributed by atoms with van der Waals surface area (Å²) in [6.45, 7) is 2.23. The van der Waals surface area contributed by atoms with Crippen LogP contribution >= 0.6 is 23.2 Å². The van der Waals surface area contributed by atoms with Gasteiger partial charge < -0.3 is 15.2 Å². The number of halogens is 2. The Morgan fingerprint density at radius 2 is 2.10 bits per heavy atom. The Hall–Kier alpha value is -1.72.